The molecule has 0 aliphatic heterocycles. The number of aryl methyl sites for hydroxylation is 3. The van der Waals surface area contributed by atoms with Crippen LogP contribution >= 0.6 is 11.8 Å². The molecular weight excluding hydrogens is 370 g/mol. The largest absolute Gasteiger partial charge is 0.349 e. The number of benzene rings is 2. The van der Waals surface area contributed by atoms with Gasteiger partial charge in [0.25, 0.3) is 0 Å². The monoisotopic (exact) mass is 393 g/mol. The first-order valence-electron chi connectivity index (χ1n) is 9.48. The molecule has 1 aliphatic carbocycles. The van der Waals surface area contributed by atoms with E-state index in [0.29, 0.717) is 5.16 Å². The van der Waals surface area contributed by atoms with Gasteiger partial charge in [0.1, 0.15) is 0 Å². The minimum atomic E-state index is 0.00124. The van der Waals surface area contributed by atoms with Crippen molar-refractivity contribution in [2.75, 3.05) is 5.75 Å². The Balaban J connectivity index is 1.41. The van der Waals surface area contributed by atoms with Crippen LogP contribution in [0.4, 0.5) is 0 Å². The van der Waals surface area contributed by atoms with E-state index >= 15 is 0 Å². The Labute approximate surface area is 168 Å². The molecule has 144 valence electrons. The van der Waals surface area contributed by atoms with Crippen LogP contribution in [-0.4, -0.2) is 31.9 Å². The van der Waals surface area contributed by atoms with Crippen LogP contribution in [0.15, 0.2) is 47.6 Å². The van der Waals surface area contributed by atoms with Crippen LogP contribution in [0.3, 0.4) is 0 Å². The number of aromatic nitrogens is 4. The lowest BCUT2D eigenvalue weighted by Crippen LogP contribution is -2.32. The Morgan fingerprint density at radius 1 is 1.21 bits per heavy atom. The summed E-state index contributed by atoms with van der Waals surface area (Å²) in [5.41, 5.74) is 5.88. The Kier molecular flexibility index (Phi) is 5.43. The lowest BCUT2D eigenvalue weighted by Gasteiger charge is -2.26. The molecule has 1 aliphatic rings. The maximum Gasteiger partial charge on any atom is 0.230 e. The molecule has 0 radical (unpaired) electrons. The molecule has 1 amide bonds. The number of nitrogens with one attached hydrogen (secondary N) is 1. The van der Waals surface area contributed by atoms with Crippen molar-refractivity contribution >= 4 is 17.7 Å². The van der Waals surface area contributed by atoms with Gasteiger partial charge in [-0.05, 0) is 77.9 Å². The van der Waals surface area contributed by atoms with Crippen molar-refractivity contribution in [1.29, 1.82) is 0 Å². The van der Waals surface area contributed by atoms with Crippen LogP contribution in [-0.2, 0) is 11.2 Å². The first-order chi connectivity index (χ1) is 13.6. The van der Waals surface area contributed by atoms with Gasteiger partial charge in [-0.1, -0.05) is 42.1 Å². The molecule has 4 rings (SSSR count). The van der Waals surface area contributed by atoms with Gasteiger partial charge in [0, 0.05) is 0 Å². The summed E-state index contributed by atoms with van der Waals surface area (Å²) in [7, 11) is 0. The Morgan fingerprint density at radius 2 is 2.07 bits per heavy atom. The minimum absolute atomic E-state index is 0.00124. The fraction of sp³-hybridized carbons (Fsp3) is 0.333. The van der Waals surface area contributed by atoms with Gasteiger partial charge in [0.15, 0.2) is 0 Å². The molecule has 1 N–H and O–H groups in total. The second-order valence-electron chi connectivity index (χ2n) is 7.14. The zero-order chi connectivity index (χ0) is 19.5. The van der Waals surface area contributed by atoms with E-state index in [-0.39, 0.29) is 17.7 Å². The molecule has 0 fully saturated rings. The average Bonchev–Trinajstić information content (AvgIpc) is 3.17. The molecule has 6 nitrogen and oxygen atoms in total. The zero-order valence-electron chi connectivity index (χ0n) is 16.1. The van der Waals surface area contributed by atoms with Gasteiger partial charge in [-0.2, -0.15) is 4.68 Å². The first-order valence-corrected chi connectivity index (χ1v) is 10.5. The van der Waals surface area contributed by atoms with E-state index in [1.807, 2.05) is 18.2 Å². The molecule has 1 aromatic heterocycles. The average molecular weight is 394 g/mol. The number of carbonyl (C=O) groups is 1. The van der Waals surface area contributed by atoms with E-state index in [1.54, 1.807) is 4.68 Å². The number of tetrazole rings is 1. The molecule has 3 aromatic rings. The molecule has 1 atom stereocenters. The molecule has 0 saturated carbocycles. The van der Waals surface area contributed by atoms with Crippen molar-refractivity contribution in [3.63, 3.8) is 0 Å². The number of amides is 1. The predicted octanol–water partition coefficient (Wildman–Crippen LogP) is 3.57. The van der Waals surface area contributed by atoms with Crippen molar-refractivity contribution in [2.45, 2.75) is 44.3 Å². The highest BCUT2D eigenvalue weighted by Crippen LogP contribution is 2.29. The summed E-state index contributed by atoms with van der Waals surface area (Å²) < 4.78 is 1.68. The molecular formula is C21H23N5OS. The maximum atomic E-state index is 12.6. The van der Waals surface area contributed by atoms with Crippen molar-refractivity contribution in [2.24, 2.45) is 0 Å². The Bertz CT molecular complexity index is 1000. The summed E-state index contributed by atoms with van der Waals surface area (Å²) in [5.74, 6) is 0.283. The molecule has 1 unspecified atom stereocenters. The summed E-state index contributed by atoms with van der Waals surface area (Å²) in [6, 6.07) is 14.5. The summed E-state index contributed by atoms with van der Waals surface area (Å²) >= 11 is 1.35. The van der Waals surface area contributed by atoms with Crippen LogP contribution in [0, 0.1) is 13.8 Å². The van der Waals surface area contributed by atoms with Crippen molar-refractivity contribution in [3.8, 4) is 5.69 Å². The third kappa shape index (κ3) is 3.94. The van der Waals surface area contributed by atoms with Gasteiger partial charge >= 0.3 is 0 Å². The number of hydrogen-bond acceptors (Lipinski definition) is 5. The first kappa shape index (κ1) is 18.7. The summed E-state index contributed by atoms with van der Waals surface area (Å²) in [6.07, 6.45) is 3.16. The van der Waals surface area contributed by atoms with Crippen LogP contribution in [0.5, 0.6) is 0 Å². The molecule has 2 aromatic carbocycles. The molecule has 7 heteroatoms. The Hall–Kier alpha value is -2.67. The van der Waals surface area contributed by atoms with Crippen LogP contribution in [0.25, 0.3) is 5.69 Å². The number of nitrogens with zero attached hydrogens (tertiary/aromatic N) is 4. The van der Waals surface area contributed by atoms with Crippen molar-refractivity contribution in [1.82, 2.24) is 25.5 Å². The molecule has 28 heavy (non-hydrogen) atoms. The standard InChI is InChI=1S/C21H23N5OS/c1-14-10-11-17(12-15(14)2)26-21(23-24-25-26)28-13-20(27)22-19-9-5-7-16-6-3-4-8-18(16)19/h3-4,6,8,10-12,19H,5,7,9,13H2,1-2H3,(H,22,27). The van der Waals surface area contributed by atoms with Gasteiger partial charge in [-0.25, -0.2) is 0 Å². The molecule has 0 saturated heterocycles. The van der Waals surface area contributed by atoms with Crippen molar-refractivity contribution in [3.05, 3.63) is 64.7 Å². The molecule has 0 spiro atoms. The van der Waals surface area contributed by atoms with Gasteiger partial charge in [-0.15, -0.1) is 5.10 Å². The highest BCUT2D eigenvalue weighted by molar-refractivity contribution is 7.99. The van der Waals surface area contributed by atoms with Gasteiger partial charge in [-0.3, -0.25) is 4.79 Å². The van der Waals surface area contributed by atoms with Gasteiger partial charge in [0.05, 0.1) is 17.5 Å². The normalized spacial score (nSPS) is 15.9. The predicted molar refractivity (Wildman–Crippen MR) is 110 cm³/mol. The number of hydrogen-bond donors (Lipinski definition) is 1. The highest BCUT2D eigenvalue weighted by atomic mass is 32.2. The second kappa shape index (κ2) is 8.14. The number of carbonyl (C=O) groups excluding carboxylic acids is 1. The smallest absolute Gasteiger partial charge is 0.230 e. The molecule has 0 bridgehead atoms. The lowest BCUT2D eigenvalue weighted by molar-refractivity contribution is -0.119. The van der Waals surface area contributed by atoms with Crippen molar-refractivity contribution < 1.29 is 4.79 Å². The number of thioether (sulfide) groups is 1. The van der Waals surface area contributed by atoms with E-state index in [4.69, 9.17) is 0 Å². The van der Waals surface area contributed by atoms with Crippen LogP contribution in [0.2, 0.25) is 0 Å². The van der Waals surface area contributed by atoms with E-state index in [1.165, 1.54) is 34.0 Å². The third-order valence-electron chi connectivity index (χ3n) is 5.21. The summed E-state index contributed by atoms with van der Waals surface area (Å²) in [6.45, 7) is 4.13. The second-order valence-corrected chi connectivity index (χ2v) is 8.08. The van der Waals surface area contributed by atoms with E-state index in [0.717, 1.165) is 24.9 Å². The Morgan fingerprint density at radius 3 is 2.93 bits per heavy atom. The quantitative estimate of drug-likeness (QED) is 0.671. The SMILES string of the molecule is Cc1ccc(-n2nnnc2SCC(=O)NC2CCCc3ccccc32)cc1C. The zero-order valence-corrected chi connectivity index (χ0v) is 16.9. The van der Waals surface area contributed by atoms with E-state index in [2.05, 4.69) is 59.0 Å². The summed E-state index contributed by atoms with van der Waals surface area (Å²) in [5, 5.41) is 15.7. The molecule has 1 heterocycles. The fourth-order valence-corrected chi connectivity index (χ4v) is 4.26. The maximum absolute atomic E-state index is 12.6. The lowest BCUT2D eigenvalue weighted by atomic mass is 9.88. The highest BCUT2D eigenvalue weighted by Gasteiger charge is 2.21. The van der Waals surface area contributed by atoms with Crippen LogP contribution < -0.4 is 5.32 Å². The van der Waals surface area contributed by atoms with Crippen LogP contribution in [0.1, 0.15) is 41.1 Å². The van der Waals surface area contributed by atoms with Gasteiger partial charge in [0.2, 0.25) is 11.1 Å². The third-order valence-corrected chi connectivity index (χ3v) is 6.13. The number of rotatable bonds is 5. The van der Waals surface area contributed by atoms with E-state index in [9.17, 15) is 4.79 Å². The summed E-state index contributed by atoms with van der Waals surface area (Å²) in [4.78, 5) is 12.6. The minimum Gasteiger partial charge on any atom is -0.349 e. The van der Waals surface area contributed by atoms with Gasteiger partial charge < -0.3 is 5.32 Å². The van der Waals surface area contributed by atoms with E-state index < -0.39 is 0 Å². The topological polar surface area (TPSA) is 72.7 Å². The fourth-order valence-electron chi connectivity index (χ4n) is 3.56. The number of fused-ring (bicyclic) bond motifs is 1.